The van der Waals surface area contributed by atoms with E-state index in [4.69, 9.17) is 15.3 Å². The molecule has 0 saturated carbocycles. The Morgan fingerprint density at radius 3 is 1.53 bits per heavy atom. The molecule has 0 aromatic heterocycles. The van der Waals surface area contributed by atoms with Gasteiger partial charge in [-0.1, -0.05) is 84.0 Å². The molecule has 0 unspecified atom stereocenters. The molecule has 0 spiro atoms. The van der Waals surface area contributed by atoms with Crippen molar-refractivity contribution in [1.29, 1.82) is 0 Å². The number of aliphatic hydroxyl groups excluding tert-OH is 1. The Kier molecular flexibility index (Phi) is 20.1. The minimum atomic E-state index is -1.09. The number of hydrogen-bond acceptors (Lipinski definition) is 5. The van der Waals surface area contributed by atoms with Crippen molar-refractivity contribution in [2.24, 2.45) is 0 Å². The number of carbonyl (C=O) groups is 3. The zero-order valence-corrected chi connectivity index (χ0v) is 20.1. The van der Waals surface area contributed by atoms with Gasteiger partial charge in [-0.3, -0.25) is 19.3 Å². The van der Waals surface area contributed by atoms with Gasteiger partial charge >= 0.3 is 11.9 Å². The average Bonchev–Trinajstić information content (AvgIpc) is 2.73. The summed E-state index contributed by atoms with van der Waals surface area (Å²) in [5.74, 6) is -2.33. The molecule has 0 heterocycles. The molecule has 3 N–H and O–H groups in total. The van der Waals surface area contributed by atoms with Crippen LogP contribution in [0.15, 0.2) is 0 Å². The summed E-state index contributed by atoms with van der Waals surface area (Å²) in [4.78, 5) is 37.2. The first kappa shape index (κ1) is 30.3. The molecule has 0 atom stereocenters. The lowest BCUT2D eigenvalue weighted by atomic mass is 10.0. The zero-order chi connectivity index (χ0) is 24.0. The summed E-state index contributed by atoms with van der Waals surface area (Å²) in [6.07, 6.45) is 16.1. The maximum atomic E-state index is 12.5. The van der Waals surface area contributed by atoms with E-state index in [0.29, 0.717) is 6.42 Å². The second-order valence-corrected chi connectivity index (χ2v) is 8.60. The number of aliphatic carboxylic acids is 2. The van der Waals surface area contributed by atoms with Crippen LogP contribution in [0.2, 0.25) is 0 Å². The highest BCUT2D eigenvalue weighted by Crippen LogP contribution is 2.13. The number of unbranched alkanes of at least 4 members (excludes halogenated alkanes) is 12. The van der Waals surface area contributed by atoms with Crippen molar-refractivity contribution in [2.45, 2.75) is 96.8 Å². The molecule has 0 fully saturated rings. The summed E-state index contributed by atoms with van der Waals surface area (Å²) in [5.41, 5.74) is 0. The van der Waals surface area contributed by atoms with E-state index in [0.717, 1.165) is 19.3 Å². The normalized spacial score (nSPS) is 11.1. The van der Waals surface area contributed by atoms with Crippen LogP contribution in [0.1, 0.15) is 96.8 Å². The van der Waals surface area contributed by atoms with Gasteiger partial charge in [0.05, 0.1) is 13.2 Å². The molecule has 0 aliphatic heterocycles. The lowest BCUT2D eigenvalue weighted by Crippen LogP contribution is -2.43. The minimum Gasteiger partial charge on any atom is -0.480 e. The lowest BCUT2D eigenvalue weighted by Gasteiger charge is -2.25. The molecule has 0 rings (SSSR count). The van der Waals surface area contributed by atoms with E-state index in [1.54, 1.807) is 0 Å². The van der Waals surface area contributed by atoms with Gasteiger partial charge in [0.15, 0.2) is 0 Å². The van der Waals surface area contributed by atoms with Gasteiger partial charge in [-0.2, -0.15) is 0 Å². The van der Waals surface area contributed by atoms with E-state index in [-0.39, 0.29) is 38.7 Å². The number of aliphatic hydroxyl groups is 1. The van der Waals surface area contributed by atoms with Crippen LogP contribution in [0.3, 0.4) is 0 Å². The van der Waals surface area contributed by atoms with Gasteiger partial charge in [-0.05, 0) is 6.42 Å². The number of nitrogens with zero attached hydrogens (tertiary/aromatic N) is 2. The molecule has 8 nitrogen and oxygen atoms in total. The fraction of sp³-hybridized carbons (Fsp3) is 0.875. The number of amides is 1. The van der Waals surface area contributed by atoms with Crippen molar-refractivity contribution in [2.75, 3.05) is 39.3 Å². The number of rotatable bonds is 23. The summed E-state index contributed by atoms with van der Waals surface area (Å²) in [7, 11) is 0. The molecule has 0 radical (unpaired) electrons. The molecular formula is C24H46N2O6. The predicted molar refractivity (Wildman–Crippen MR) is 126 cm³/mol. The fourth-order valence-corrected chi connectivity index (χ4v) is 3.77. The highest BCUT2D eigenvalue weighted by atomic mass is 16.4. The largest absolute Gasteiger partial charge is 0.480 e. The quantitative estimate of drug-likeness (QED) is 0.199. The third-order valence-electron chi connectivity index (χ3n) is 5.63. The van der Waals surface area contributed by atoms with Gasteiger partial charge < -0.3 is 20.2 Å². The summed E-state index contributed by atoms with van der Waals surface area (Å²) in [5, 5.41) is 27.1. The van der Waals surface area contributed by atoms with Gasteiger partial charge in [0.1, 0.15) is 6.54 Å². The first-order chi connectivity index (χ1) is 15.4. The van der Waals surface area contributed by atoms with E-state index in [2.05, 4.69) is 6.92 Å². The molecule has 0 aromatic rings. The van der Waals surface area contributed by atoms with Gasteiger partial charge in [0.2, 0.25) is 5.91 Å². The smallest absolute Gasteiger partial charge is 0.323 e. The van der Waals surface area contributed by atoms with E-state index in [1.165, 1.54) is 74.0 Å². The van der Waals surface area contributed by atoms with Crippen molar-refractivity contribution >= 4 is 17.8 Å². The second kappa shape index (κ2) is 21.2. The second-order valence-electron chi connectivity index (χ2n) is 8.60. The zero-order valence-electron chi connectivity index (χ0n) is 20.1. The van der Waals surface area contributed by atoms with Crippen LogP contribution in [0.5, 0.6) is 0 Å². The summed E-state index contributed by atoms with van der Waals surface area (Å²) >= 11 is 0. The highest BCUT2D eigenvalue weighted by molar-refractivity contribution is 5.81. The number of hydrogen-bond donors (Lipinski definition) is 3. The summed E-state index contributed by atoms with van der Waals surface area (Å²) in [6.45, 7) is 1.91. The number of carbonyl (C=O) groups excluding carboxylic acids is 1. The van der Waals surface area contributed by atoms with Crippen LogP contribution in [-0.2, 0) is 14.4 Å². The van der Waals surface area contributed by atoms with Gasteiger partial charge in [0, 0.05) is 26.1 Å². The van der Waals surface area contributed by atoms with Crippen molar-refractivity contribution in [1.82, 2.24) is 9.80 Å². The molecule has 0 aromatic carbocycles. The first-order valence-electron chi connectivity index (χ1n) is 12.4. The predicted octanol–water partition coefficient (Wildman–Crippen LogP) is 3.76. The third kappa shape index (κ3) is 19.0. The minimum absolute atomic E-state index is 0.136. The molecule has 32 heavy (non-hydrogen) atoms. The standard InChI is InChI=1S/C24H46N2O6/c1-2-3-4-5-6-7-8-9-10-11-12-13-14-15-22(28)26(21-24(31)32)17-16-25(18-19-27)20-23(29)30/h27H,2-21H2,1H3,(H,29,30)(H,31,32). The van der Waals surface area contributed by atoms with Crippen molar-refractivity contribution in [3.05, 3.63) is 0 Å². The van der Waals surface area contributed by atoms with Crippen LogP contribution in [0, 0.1) is 0 Å². The van der Waals surface area contributed by atoms with Crippen molar-refractivity contribution < 1.29 is 29.7 Å². The summed E-state index contributed by atoms with van der Waals surface area (Å²) in [6, 6.07) is 0. The molecule has 0 aliphatic rings. The Morgan fingerprint density at radius 2 is 1.09 bits per heavy atom. The molecule has 8 heteroatoms. The Balaban J connectivity index is 3.98. The van der Waals surface area contributed by atoms with Crippen LogP contribution in [0.4, 0.5) is 0 Å². The van der Waals surface area contributed by atoms with Crippen molar-refractivity contribution in [3.63, 3.8) is 0 Å². The van der Waals surface area contributed by atoms with Crippen LogP contribution >= 0.6 is 0 Å². The molecule has 188 valence electrons. The highest BCUT2D eigenvalue weighted by Gasteiger charge is 2.18. The van der Waals surface area contributed by atoms with Gasteiger partial charge in [-0.25, -0.2) is 0 Å². The average molecular weight is 459 g/mol. The van der Waals surface area contributed by atoms with Crippen LogP contribution in [-0.4, -0.2) is 82.3 Å². The van der Waals surface area contributed by atoms with Crippen LogP contribution in [0.25, 0.3) is 0 Å². The van der Waals surface area contributed by atoms with E-state index in [9.17, 15) is 14.4 Å². The lowest BCUT2D eigenvalue weighted by molar-refractivity contribution is -0.145. The monoisotopic (exact) mass is 458 g/mol. The number of carboxylic acid groups (broad SMARTS) is 2. The molecule has 0 bridgehead atoms. The topological polar surface area (TPSA) is 118 Å². The van der Waals surface area contributed by atoms with E-state index in [1.807, 2.05) is 0 Å². The summed E-state index contributed by atoms with van der Waals surface area (Å²) < 4.78 is 0. The van der Waals surface area contributed by atoms with Crippen molar-refractivity contribution in [3.8, 4) is 0 Å². The first-order valence-corrected chi connectivity index (χ1v) is 12.4. The molecule has 0 aliphatic carbocycles. The Bertz CT molecular complexity index is 501. The van der Waals surface area contributed by atoms with E-state index >= 15 is 0 Å². The maximum Gasteiger partial charge on any atom is 0.323 e. The molecule has 1 amide bonds. The fourth-order valence-electron chi connectivity index (χ4n) is 3.77. The Morgan fingerprint density at radius 1 is 0.625 bits per heavy atom. The van der Waals surface area contributed by atoms with Gasteiger partial charge in [-0.15, -0.1) is 0 Å². The van der Waals surface area contributed by atoms with Crippen LogP contribution < -0.4 is 0 Å². The Labute approximate surface area is 194 Å². The molecular weight excluding hydrogens is 412 g/mol. The number of carboxylic acids is 2. The maximum absolute atomic E-state index is 12.5. The Hall–Kier alpha value is -1.67. The third-order valence-corrected chi connectivity index (χ3v) is 5.63. The SMILES string of the molecule is CCCCCCCCCCCCCCCC(=O)N(CCN(CCO)CC(=O)O)CC(=O)O. The molecule has 0 saturated heterocycles. The van der Waals surface area contributed by atoms with Gasteiger partial charge in [0.25, 0.3) is 0 Å². The van der Waals surface area contributed by atoms with E-state index < -0.39 is 18.5 Å².